The normalized spacial score (nSPS) is 18.9. The quantitative estimate of drug-likeness (QED) is 0.663. The van der Waals surface area contributed by atoms with Crippen LogP contribution in [0, 0.1) is 6.92 Å². The Morgan fingerprint density at radius 1 is 1.53 bits per heavy atom. The minimum atomic E-state index is -0.305. The van der Waals surface area contributed by atoms with Gasteiger partial charge < -0.3 is 15.4 Å². The fourth-order valence-corrected chi connectivity index (χ4v) is 3.31. The molecule has 0 aliphatic carbocycles. The fraction of sp³-hybridized carbons (Fsp3) is 0.385. The highest BCUT2D eigenvalue weighted by Gasteiger charge is 2.32. The molecule has 0 saturated carbocycles. The van der Waals surface area contributed by atoms with E-state index in [1.54, 1.807) is 18.3 Å². The zero-order chi connectivity index (χ0) is 14.0. The molecule has 0 amide bonds. The van der Waals surface area contributed by atoms with Crippen LogP contribution in [0.5, 0.6) is 0 Å². The highest BCUT2D eigenvalue weighted by atomic mass is 32.1. The smallest absolute Gasteiger partial charge is 0.338 e. The lowest BCUT2D eigenvalue weighted by Gasteiger charge is -2.29. The number of carbonyl (C=O) groups excluding carboxylic acids is 1. The van der Waals surface area contributed by atoms with Crippen molar-refractivity contribution in [1.29, 1.82) is 0 Å². The second-order valence-electron chi connectivity index (χ2n) is 4.26. The van der Waals surface area contributed by atoms with Crippen LogP contribution in [0.25, 0.3) is 0 Å². The average Bonchev–Trinajstić information content (AvgIpc) is 2.74. The highest BCUT2D eigenvalue weighted by molar-refractivity contribution is 7.80. The van der Waals surface area contributed by atoms with Gasteiger partial charge >= 0.3 is 5.97 Å². The first kappa shape index (κ1) is 14.0. The van der Waals surface area contributed by atoms with Gasteiger partial charge in [0.2, 0.25) is 0 Å². The average molecular weight is 296 g/mol. The molecule has 0 aromatic carbocycles. The van der Waals surface area contributed by atoms with Crippen molar-refractivity contribution < 1.29 is 9.53 Å². The summed E-state index contributed by atoms with van der Waals surface area (Å²) >= 11 is 6.78. The summed E-state index contributed by atoms with van der Waals surface area (Å²) < 4.78 is 5.14. The molecule has 0 spiro atoms. The number of esters is 1. The van der Waals surface area contributed by atoms with Gasteiger partial charge in [-0.25, -0.2) is 4.79 Å². The molecule has 0 unspecified atom stereocenters. The summed E-state index contributed by atoms with van der Waals surface area (Å²) in [6, 6.07) is 1.80. The van der Waals surface area contributed by atoms with E-state index in [4.69, 9.17) is 17.0 Å². The first-order valence-electron chi connectivity index (χ1n) is 6.04. The number of nitrogens with one attached hydrogen (secondary N) is 2. The van der Waals surface area contributed by atoms with Crippen LogP contribution in [-0.4, -0.2) is 17.7 Å². The van der Waals surface area contributed by atoms with Gasteiger partial charge in [-0.3, -0.25) is 0 Å². The van der Waals surface area contributed by atoms with Gasteiger partial charge in [-0.2, -0.15) is 0 Å². The zero-order valence-corrected chi connectivity index (χ0v) is 12.7. The van der Waals surface area contributed by atoms with E-state index in [0.29, 0.717) is 17.3 Å². The maximum Gasteiger partial charge on any atom is 0.338 e. The third-order valence-electron chi connectivity index (χ3n) is 2.93. The molecule has 4 nitrogen and oxygen atoms in total. The van der Waals surface area contributed by atoms with Crippen LogP contribution in [0.3, 0.4) is 0 Å². The van der Waals surface area contributed by atoms with Crippen molar-refractivity contribution >= 4 is 34.6 Å². The summed E-state index contributed by atoms with van der Waals surface area (Å²) in [5, 5.41) is 8.68. The number of thiocarbonyl (C=S) groups is 1. The maximum absolute atomic E-state index is 12.1. The molecule has 1 aromatic rings. The molecule has 102 valence electrons. The van der Waals surface area contributed by atoms with E-state index in [1.807, 2.05) is 25.3 Å². The predicted octanol–water partition coefficient (Wildman–Crippen LogP) is 2.41. The Bertz CT molecular complexity index is 549. The number of aryl methyl sites for hydroxylation is 1. The van der Waals surface area contributed by atoms with Crippen LogP contribution in [0.1, 0.15) is 30.3 Å². The summed E-state index contributed by atoms with van der Waals surface area (Å²) in [5.74, 6) is -0.305. The summed E-state index contributed by atoms with van der Waals surface area (Å²) in [6.07, 6.45) is 0. The van der Waals surface area contributed by atoms with Crippen LogP contribution in [-0.2, 0) is 9.53 Å². The molecular formula is C13H16N2O2S2. The third-order valence-corrected chi connectivity index (χ3v) is 4.23. The molecule has 2 N–H and O–H groups in total. The number of hydrogen-bond acceptors (Lipinski definition) is 4. The maximum atomic E-state index is 12.1. The van der Waals surface area contributed by atoms with Crippen molar-refractivity contribution in [3.05, 3.63) is 33.2 Å². The lowest BCUT2D eigenvalue weighted by Crippen LogP contribution is -2.45. The molecule has 0 radical (unpaired) electrons. The number of ether oxygens (including phenoxy) is 1. The van der Waals surface area contributed by atoms with Gasteiger partial charge in [0.15, 0.2) is 5.11 Å². The lowest BCUT2D eigenvalue weighted by atomic mass is 10.00. The van der Waals surface area contributed by atoms with Gasteiger partial charge in [0.25, 0.3) is 0 Å². The predicted molar refractivity (Wildman–Crippen MR) is 80.0 cm³/mol. The molecule has 1 aliphatic rings. The van der Waals surface area contributed by atoms with Crippen molar-refractivity contribution in [3.8, 4) is 0 Å². The first-order valence-corrected chi connectivity index (χ1v) is 7.32. The number of allylic oxidation sites excluding steroid dienone is 1. The molecule has 0 fully saturated rings. The second kappa shape index (κ2) is 5.71. The van der Waals surface area contributed by atoms with Crippen LogP contribution in [0.2, 0.25) is 0 Å². The van der Waals surface area contributed by atoms with Crippen molar-refractivity contribution in [2.45, 2.75) is 26.8 Å². The summed E-state index contributed by atoms with van der Waals surface area (Å²) in [7, 11) is 0. The largest absolute Gasteiger partial charge is 0.463 e. The van der Waals surface area contributed by atoms with Crippen molar-refractivity contribution in [2.75, 3.05) is 6.61 Å². The second-order valence-corrected chi connectivity index (χ2v) is 5.61. The number of rotatable bonds is 3. The zero-order valence-electron chi connectivity index (χ0n) is 11.1. The molecule has 0 bridgehead atoms. The Labute approximate surface area is 121 Å². The fourth-order valence-electron chi connectivity index (χ4n) is 2.05. The van der Waals surface area contributed by atoms with Crippen molar-refractivity contribution in [2.24, 2.45) is 0 Å². The molecule has 1 aromatic heterocycles. The van der Waals surface area contributed by atoms with Gasteiger partial charge in [0, 0.05) is 10.6 Å². The summed E-state index contributed by atoms with van der Waals surface area (Å²) in [6.45, 7) is 6.02. The van der Waals surface area contributed by atoms with Gasteiger partial charge in [-0.05, 0) is 50.0 Å². The van der Waals surface area contributed by atoms with E-state index >= 15 is 0 Å². The first-order chi connectivity index (χ1) is 9.04. The van der Waals surface area contributed by atoms with Gasteiger partial charge in [0.1, 0.15) is 0 Å². The van der Waals surface area contributed by atoms with Crippen LogP contribution >= 0.6 is 23.6 Å². The van der Waals surface area contributed by atoms with Crippen molar-refractivity contribution in [1.82, 2.24) is 10.6 Å². The number of thiophene rings is 1. The Morgan fingerprint density at radius 2 is 2.26 bits per heavy atom. The molecular weight excluding hydrogens is 280 g/mol. The molecule has 0 saturated heterocycles. The van der Waals surface area contributed by atoms with E-state index in [1.165, 1.54) is 0 Å². The lowest BCUT2D eigenvalue weighted by molar-refractivity contribution is -0.139. The Hall–Kier alpha value is -1.40. The molecule has 2 rings (SSSR count). The Balaban J connectivity index is 2.44. The molecule has 1 aliphatic heterocycles. The molecule has 2 heterocycles. The minimum Gasteiger partial charge on any atom is -0.463 e. The molecule has 6 heteroatoms. The van der Waals surface area contributed by atoms with E-state index in [2.05, 4.69) is 10.6 Å². The number of hydrogen-bond donors (Lipinski definition) is 2. The van der Waals surface area contributed by atoms with Gasteiger partial charge in [0.05, 0.1) is 18.2 Å². The standard InChI is InChI=1S/C13H16N2O2S2/c1-4-17-12(16)9-8(3)14-13(18)15-10(9)11-7(2)5-6-19-11/h5-6,10H,4H2,1-3H3,(H2,14,15,18)/t10-/m1/s1. The van der Waals surface area contributed by atoms with Crippen LogP contribution < -0.4 is 10.6 Å². The third kappa shape index (κ3) is 2.79. The summed E-state index contributed by atoms with van der Waals surface area (Å²) in [4.78, 5) is 13.2. The van der Waals surface area contributed by atoms with E-state index < -0.39 is 0 Å². The van der Waals surface area contributed by atoms with E-state index in [9.17, 15) is 4.79 Å². The topological polar surface area (TPSA) is 50.4 Å². The van der Waals surface area contributed by atoms with Gasteiger partial charge in [-0.15, -0.1) is 11.3 Å². The van der Waals surface area contributed by atoms with Crippen LogP contribution in [0.4, 0.5) is 0 Å². The summed E-state index contributed by atoms with van der Waals surface area (Å²) in [5.41, 5.74) is 2.49. The van der Waals surface area contributed by atoms with E-state index in [0.717, 1.165) is 16.1 Å². The highest BCUT2D eigenvalue weighted by Crippen LogP contribution is 2.32. The monoisotopic (exact) mass is 296 g/mol. The van der Waals surface area contributed by atoms with Crippen molar-refractivity contribution in [3.63, 3.8) is 0 Å². The Morgan fingerprint density at radius 3 is 2.84 bits per heavy atom. The SMILES string of the molecule is CCOC(=O)C1=C(C)NC(=S)N[C@H]1c1sccc1C. The molecule has 19 heavy (non-hydrogen) atoms. The Kier molecular flexibility index (Phi) is 4.21. The molecule has 1 atom stereocenters. The van der Waals surface area contributed by atoms with Crippen LogP contribution in [0.15, 0.2) is 22.7 Å². The van der Waals surface area contributed by atoms with E-state index in [-0.39, 0.29) is 12.0 Å². The van der Waals surface area contributed by atoms with Gasteiger partial charge in [-0.1, -0.05) is 0 Å². The number of carbonyl (C=O) groups is 1. The minimum absolute atomic E-state index is 0.229.